The number of hydrogen-bond donors (Lipinski definition) is 0. The molecule has 0 bridgehead atoms. The van der Waals surface area contributed by atoms with E-state index in [1.807, 2.05) is 36.2 Å². The summed E-state index contributed by atoms with van der Waals surface area (Å²) >= 11 is 2.60. The van der Waals surface area contributed by atoms with Crippen molar-refractivity contribution in [3.8, 4) is 6.07 Å². The molecule has 0 atom stereocenters. The summed E-state index contributed by atoms with van der Waals surface area (Å²) in [5.41, 5.74) is 8.07. The van der Waals surface area contributed by atoms with Crippen molar-refractivity contribution < 1.29 is 19.5 Å². The van der Waals surface area contributed by atoms with E-state index in [0.717, 1.165) is 27.9 Å². The Hall–Kier alpha value is -0.874. The molecule has 0 aromatic carbocycles. The van der Waals surface area contributed by atoms with Crippen LogP contribution in [0.25, 0.3) is 0 Å². The van der Waals surface area contributed by atoms with Crippen molar-refractivity contribution in [3.63, 3.8) is 0 Å². The van der Waals surface area contributed by atoms with Gasteiger partial charge in [0.2, 0.25) is 0 Å². The summed E-state index contributed by atoms with van der Waals surface area (Å²) in [5, 5.41) is 9.13. The Morgan fingerprint density at radius 2 is 1.88 bits per heavy atom. The molecule has 0 saturated heterocycles. The van der Waals surface area contributed by atoms with Gasteiger partial charge in [-0.1, -0.05) is 0 Å². The zero-order valence-corrected chi connectivity index (χ0v) is 12.5. The molecule has 1 nitrogen and oxygen atoms in total. The van der Waals surface area contributed by atoms with Crippen LogP contribution in [0.1, 0.15) is 6.92 Å². The van der Waals surface area contributed by atoms with Gasteiger partial charge in [0, 0.05) is 25.1 Å². The topological polar surface area (TPSA) is 23.8 Å². The standard InChI is InChI=1S/C13H8N.CH3.Al.Rh/c1-9-10(2)13(8-14)12-7-5-3-4-6-11(9)12;;;/h1,4-7H,2H3;1H3;;/q;-1;;. The molecular formula is C14H11AlNRh-. The van der Waals surface area contributed by atoms with Crippen LogP contribution in [0.5, 0.6) is 0 Å². The third-order valence-electron chi connectivity index (χ3n) is 2.60. The van der Waals surface area contributed by atoms with Gasteiger partial charge in [0.15, 0.2) is 16.3 Å². The number of allylic oxidation sites excluding steroid dienone is 8. The number of hydrogen-bond acceptors (Lipinski definition) is 1. The predicted octanol–water partition coefficient (Wildman–Crippen LogP) is 2.92. The van der Waals surface area contributed by atoms with E-state index >= 15 is 0 Å². The first kappa shape index (κ1) is 16.1. The molecule has 3 radical (unpaired) electrons. The number of nitriles is 1. The van der Waals surface area contributed by atoms with Gasteiger partial charge in [-0.2, -0.15) is 10.2 Å². The first-order valence-electron chi connectivity index (χ1n) is 4.67. The molecule has 0 saturated carbocycles. The van der Waals surface area contributed by atoms with Gasteiger partial charge in [-0.15, -0.1) is 5.73 Å². The maximum Gasteiger partial charge on any atom is 0.163 e. The molecule has 0 unspecified atom stereocenters. The molecule has 2 rings (SSSR count). The minimum absolute atomic E-state index is 0. The quantitative estimate of drug-likeness (QED) is 0.382. The number of nitrogens with zero attached hydrogens (tertiary/aromatic N) is 1. The third-order valence-corrected chi connectivity index (χ3v) is 2.93. The second kappa shape index (κ2) is 6.76. The van der Waals surface area contributed by atoms with Crippen molar-refractivity contribution in [3.05, 3.63) is 70.3 Å². The molecule has 0 aromatic rings. The van der Waals surface area contributed by atoms with Crippen LogP contribution < -0.4 is 0 Å². The summed E-state index contributed by atoms with van der Waals surface area (Å²) < 4.78 is 0. The molecule has 0 amide bonds. The average Bonchev–Trinajstić information content (AvgIpc) is 2.43. The van der Waals surface area contributed by atoms with Crippen LogP contribution in [0.4, 0.5) is 0 Å². The van der Waals surface area contributed by atoms with Gasteiger partial charge in [0.1, 0.15) is 6.07 Å². The normalized spacial score (nSPS) is 18.5. The Balaban J connectivity index is 0.00000128. The zero-order valence-electron chi connectivity index (χ0n) is 9.74. The fraction of sp³-hybridized carbons (Fsp3) is 0.0714. The van der Waals surface area contributed by atoms with Crippen molar-refractivity contribution in [1.82, 2.24) is 0 Å². The molecular weight excluding hydrogens is 312 g/mol. The van der Waals surface area contributed by atoms with Gasteiger partial charge < -0.3 is 7.43 Å². The van der Waals surface area contributed by atoms with E-state index in [2.05, 4.69) is 28.1 Å². The Morgan fingerprint density at radius 3 is 2.41 bits per heavy atom. The predicted molar refractivity (Wildman–Crippen MR) is 67.4 cm³/mol. The van der Waals surface area contributed by atoms with Crippen LogP contribution >= 0.6 is 0 Å². The van der Waals surface area contributed by atoms with Crippen LogP contribution in [-0.4, -0.2) is 16.3 Å². The van der Waals surface area contributed by atoms with Crippen molar-refractivity contribution in [2.24, 2.45) is 0 Å². The van der Waals surface area contributed by atoms with Crippen LogP contribution in [0.15, 0.2) is 62.8 Å². The molecule has 0 spiro atoms. The minimum atomic E-state index is 0. The Kier molecular flexibility index (Phi) is 6.41. The van der Waals surface area contributed by atoms with E-state index in [0.29, 0.717) is 0 Å². The SMILES string of the molecule is CC1=C(C#N)C2=CC=C=CC=C2/C1=[CH]\[Al].[CH3-].[Rh]. The van der Waals surface area contributed by atoms with Crippen molar-refractivity contribution >= 4 is 16.3 Å². The minimum Gasteiger partial charge on any atom is -0.358 e. The molecule has 85 valence electrons. The molecule has 0 aromatic heterocycles. The zero-order chi connectivity index (χ0) is 10.8. The maximum atomic E-state index is 9.13. The molecule has 0 aliphatic heterocycles. The number of rotatable bonds is 0. The van der Waals surface area contributed by atoms with Gasteiger partial charge in [-0.05, 0) is 47.9 Å². The summed E-state index contributed by atoms with van der Waals surface area (Å²) in [4.78, 5) is 1.97. The van der Waals surface area contributed by atoms with E-state index < -0.39 is 0 Å². The smallest absolute Gasteiger partial charge is 0.163 e. The molecule has 2 aliphatic rings. The van der Waals surface area contributed by atoms with Gasteiger partial charge >= 0.3 is 0 Å². The van der Waals surface area contributed by atoms with Gasteiger partial charge in [-0.3, -0.25) is 0 Å². The van der Waals surface area contributed by atoms with Crippen LogP contribution in [0, 0.1) is 18.8 Å². The molecule has 3 heteroatoms. The maximum absolute atomic E-state index is 9.13. The van der Waals surface area contributed by atoms with E-state index in [-0.39, 0.29) is 26.9 Å². The van der Waals surface area contributed by atoms with Crippen molar-refractivity contribution in [2.45, 2.75) is 6.92 Å². The van der Waals surface area contributed by atoms with Gasteiger partial charge in [0.05, 0.1) is 5.57 Å². The number of fused-ring (bicyclic) bond motifs is 1. The monoisotopic (exact) mass is 323 g/mol. The largest absolute Gasteiger partial charge is 0.358 e. The summed E-state index contributed by atoms with van der Waals surface area (Å²) in [6.07, 6.45) is 7.66. The molecule has 0 fully saturated rings. The van der Waals surface area contributed by atoms with E-state index in [4.69, 9.17) is 5.26 Å². The molecule has 0 N–H and O–H groups in total. The molecule has 0 heterocycles. The van der Waals surface area contributed by atoms with Crippen LogP contribution in [0.2, 0.25) is 0 Å². The Labute approximate surface area is 124 Å². The van der Waals surface area contributed by atoms with E-state index in [1.54, 1.807) is 0 Å². The van der Waals surface area contributed by atoms with Crippen LogP contribution in [-0.2, 0) is 19.5 Å². The summed E-state index contributed by atoms with van der Waals surface area (Å²) in [7, 11) is 0. The van der Waals surface area contributed by atoms with Gasteiger partial charge in [-0.25, -0.2) is 0 Å². The summed E-state index contributed by atoms with van der Waals surface area (Å²) in [6, 6.07) is 2.26. The third kappa shape index (κ3) is 2.69. The average molecular weight is 323 g/mol. The van der Waals surface area contributed by atoms with Crippen LogP contribution in [0.3, 0.4) is 0 Å². The van der Waals surface area contributed by atoms with E-state index in [1.165, 1.54) is 0 Å². The van der Waals surface area contributed by atoms with Crippen molar-refractivity contribution in [1.29, 1.82) is 5.26 Å². The molecule has 17 heavy (non-hydrogen) atoms. The fourth-order valence-electron chi connectivity index (χ4n) is 1.85. The van der Waals surface area contributed by atoms with Gasteiger partial charge in [0.25, 0.3) is 0 Å². The van der Waals surface area contributed by atoms with Crippen molar-refractivity contribution in [2.75, 3.05) is 0 Å². The summed E-state index contributed by atoms with van der Waals surface area (Å²) in [6.45, 7) is 1.98. The first-order chi connectivity index (χ1) is 7.29. The Morgan fingerprint density at radius 1 is 1.29 bits per heavy atom. The van der Waals surface area contributed by atoms with E-state index in [9.17, 15) is 0 Å². The molecule has 2 aliphatic carbocycles. The Bertz CT molecular complexity index is 547. The first-order valence-corrected chi connectivity index (χ1v) is 5.33. The summed E-state index contributed by atoms with van der Waals surface area (Å²) in [5.74, 6) is 0. The fourth-order valence-corrected chi connectivity index (χ4v) is 2.28. The second-order valence-corrected chi connectivity index (χ2v) is 3.69. The second-order valence-electron chi connectivity index (χ2n) is 3.35.